The third-order valence-electron chi connectivity index (χ3n) is 5.14. The first kappa shape index (κ1) is 25.0. The molecule has 2 N–H and O–H groups in total. The minimum atomic E-state index is 0. The zero-order valence-corrected chi connectivity index (χ0v) is 20.9. The SMILES string of the molecule is CN=C(NCc1cccnc1OC)NC1CCN(Cc2cc(OC)cc(OC)c2)C1.I. The molecule has 170 valence electrons. The Balaban J connectivity index is 0.00000341. The largest absolute Gasteiger partial charge is 0.497 e. The van der Waals surface area contributed by atoms with Crippen LogP contribution in [0.4, 0.5) is 0 Å². The number of hydrogen-bond donors (Lipinski definition) is 2. The highest BCUT2D eigenvalue weighted by Gasteiger charge is 2.23. The van der Waals surface area contributed by atoms with Crippen LogP contribution in [0.1, 0.15) is 17.5 Å². The van der Waals surface area contributed by atoms with Gasteiger partial charge in [0.25, 0.3) is 0 Å². The zero-order chi connectivity index (χ0) is 21.3. The molecule has 8 nitrogen and oxygen atoms in total. The molecule has 0 aliphatic carbocycles. The van der Waals surface area contributed by atoms with Gasteiger partial charge in [-0.3, -0.25) is 9.89 Å². The summed E-state index contributed by atoms with van der Waals surface area (Å²) in [5.41, 5.74) is 2.17. The monoisotopic (exact) mass is 541 g/mol. The third kappa shape index (κ3) is 7.13. The van der Waals surface area contributed by atoms with Gasteiger partial charge in [0, 0.05) is 57.1 Å². The van der Waals surface area contributed by atoms with Crippen molar-refractivity contribution in [2.24, 2.45) is 4.99 Å². The van der Waals surface area contributed by atoms with Gasteiger partial charge in [-0.1, -0.05) is 6.07 Å². The minimum Gasteiger partial charge on any atom is -0.497 e. The number of nitrogens with one attached hydrogen (secondary N) is 2. The summed E-state index contributed by atoms with van der Waals surface area (Å²) in [6, 6.07) is 10.2. The van der Waals surface area contributed by atoms with Gasteiger partial charge in [0.05, 0.1) is 21.3 Å². The predicted octanol–water partition coefficient (Wildman–Crippen LogP) is 2.66. The van der Waals surface area contributed by atoms with E-state index in [-0.39, 0.29) is 24.0 Å². The van der Waals surface area contributed by atoms with Crippen LogP contribution in [0.15, 0.2) is 41.5 Å². The number of nitrogens with zero attached hydrogens (tertiary/aromatic N) is 3. The Kier molecular flexibility index (Phi) is 10.1. The van der Waals surface area contributed by atoms with Gasteiger partial charge < -0.3 is 24.8 Å². The summed E-state index contributed by atoms with van der Waals surface area (Å²) in [5, 5.41) is 6.87. The Labute approximate surface area is 201 Å². The van der Waals surface area contributed by atoms with Crippen molar-refractivity contribution in [3.63, 3.8) is 0 Å². The molecule has 1 fully saturated rings. The molecule has 1 atom stereocenters. The summed E-state index contributed by atoms with van der Waals surface area (Å²) in [5.74, 6) is 3.03. The van der Waals surface area contributed by atoms with Gasteiger partial charge in [-0.05, 0) is 30.2 Å². The number of hydrogen-bond acceptors (Lipinski definition) is 6. The van der Waals surface area contributed by atoms with E-state index in [1.165, 1.54) is 5.56 Å². The fourth-order valence-corrected chi connectivity index (χ4v) is 3.62. The molecule has 1 unspecified atom stereocenters. The lowest BCUT2D eigenvalue weighted by Gasteiger charge is -2.19. The zero-order valence-electron chi connectivity index (χ0n) is 18.6. The topological polar surface area (TPSA) is 80.2 Å². The lowest BCUT2D eigenvalue weighted by Crippen LogP contribution is -2.44. The number of likely N-dealkylation sites (tertiary alicyclic amines) is 1. The van der Waals surface area contributed by atoms with Crippen molar-refractivity contribution in [2.45, 2.75) is 25.6 Å². The molecule has 1 saturated heterocycles. The van der Waals surface area contributed by atoms with Crippen LogP contribution >= 0.6 is 24.0 Å². The summed E-state index contributed by atoms with van der Waals surface area (Å²) in [6.45, 7) is 3.41. The van der Waals surface area contributed by atoms with E-state index in [4.69, 9.17) is 14.2 Å². The average molecular weight is 541 g/mol. The molecule has 9 heteroatoms. The number of guanidine groups is 1. The first-order valence-corrected chi connectivity index (χ1v) is 10.0. The molecule has 1 aromatic heterocycles. The fourth-order valence-electron chi connectivity index (χ4n) is 3.62. The van der Waals surface area contributed by atoms with Crippen molar-refractivity contribution in [1.82, 2.24) is 20.5 Å². The van der Waals surface area contributed by atoms with Crippen LogP contribution < -0.4 is 24.8 Å². The van der Waals surface area contributed by atoms with E-state index in [0.717, 1.165) is 49.1 Å². The predicted molar refractivity (Wildman–Crippen MR) is 133 cm³/mol. The number of ether oxygens (including phenoxy) is 3. The number of methoxy groups -OCH3 is 3. The Bertz CT molecular complexity index is 843. The standard InChI is InChI=1S/C22H31N5O3.HI/c1-23-22(25-13-17-6-5-8-24-21(17)30-4)26-18-7-9-27(15-18)14-16-10-19(28-2)12-20(11-16)29-3;/h5-6,8,10-12,18H,7,9,13-15H2,1-4H3,(H2,23,25,26);1H. The van der Waals surface area contributed by atoms with Crippen LogP contribution in [0, 0.1) is 0 Å². The number of rotatable bonds is 8. The van der Waals surface area contributed by atoms with Crippen molar-refractivity contribution in [3.8, 4) is 17.4 Å². The van der Waals surface area contributed by atoms with Crippen molar-refractivity contribution in [3.05, 3.63) is 47.7 Å². The van der Waals surface area contributed by atoms with Crippen LogP contribution in [-0.4, -0.2) is 63.4 Å². The van der Waals surface area contributed by atoms with E-state index in [9.17, 15) is 0 Å². The highest BCUT2D eigenvalue weighted by atomic mass is 127. The van der Waals surface area contributed by atoms with Gasteiger partial charge in [0.2, 0.25) is 5.88 Å². The molecule has 0 radical (unpaired) electrons. The van der Waals surface area contributed by atoms with Crippen molar-refractivity contribution in [2.75, 3.05) is 41.5 Å². The van der Waals surface area contributed by atoms with Crippen molar-refractivity contribution < 1.29 is 14.2 Å². The lowest BCUT2D eigenvalue weighted by atomic mass is 10.2. The van der Waals surface area contributed by atoms with Crippen LogP contribution in [0.25, 0.3) is 0 Å². The minimum absolute atomic E-state index is 0. The molecular formula is C22H32IN5O3. The Morgan fingerprint density at radius 3 is 2.55 bits per heavy atom. The second-order valence-electron chi connectivity index (χ2n) is 7.18. The van der Waals surface area contributed by atoms with Crippen molar-refractivity contribution >= 4 is 29.9 Å². The number of pyridine rings is 1. The normalized spacial score (nSPS) is 16.4. The Morgan fingerprint density at radius 2 is 1.90 bits per heavy atom. The molecule has 0 saturated carbocycles. The average Bonchev–Trinajstić information content (AvgIpc) is 3.22. The van der Waals surface area contributed by atoms with Gasteiger partial charge in [-0.15, -0.1) is 24.0 Å². The van der Waals surface area contributed by atoms with Crippen LogP contribution in [0.3, 0.4) is 0 Å². The number of benzene rings is 1. The highest BCUT2D eigenvalue weighted by Crippen LogP contribution is 2.24. The maximum Gasteiger partial charge on any atom is 0.218 e. The molecule has 2 aromatic rings. The van der Waals surface area contributed by atoms with Crippen LogP contribution in [-0.2, 0) is 13.1 Å². The summed E-state index contributed by atoms with van der Waals surface area (Å²) in [7, 11) is 6.76. The summed E-state index contributed by atoms with van der Waals surface area (Å²) >= 11 is 0. The van der Waals surface area contributed by atoms with Gasteiger partial charge in [0.1, 0.15) is 11.5 Å². The smallest absolute Gasteiger partial charge is 0.218 e. The van der Waals surface area contributed by atoms with E-state index >= 15 is 0 Å². The van der Waals surface area contributed by atoms with Gasteiger partial charge in [-0.25, -0.2) is 4.98 Å². The highest BCUT2D eigenvalue weighted by molar-refractivity contribution is 14.0. The lowest BCUT2D eigenvalue weighted by molar-refractivity contribution is 0.321. The third-order valence-corrected chi connectivity index (χ3v) is 5.14. The molecule has 2 heterocycles. The fraction of sp³-hybridized carbons (Fsp3) is 0.455. The molecular weight excluding hydrogens is 509 g/mol. The van der Waals surface area contributed by atoms with Crippen LogP contribution in [0.5, 0.6) is 17.4 Å². The maximum absolute atomic E-state index is 5.38. The van der Waals surface area contributed by atoms with E-state index in [1.807, 2.05) is 18.2 Å². The number of aromatic nitrogens is 1. The molecule has 3 rings (SSSR count). The van der Waals surface area contributed by atoms with Gasteiger partial charge >= 0.3 is 0 Å². The molecule has 0 spiro atoms. The summed E-state index contributed by atoms with van der Waals surface area (Å²) in [4.78, 5) is 11.0. The van der Waals surface area contributed by atoms with E-state index in [0.29, 0.717) is 18.5 Å². The van der Waals surface area contributed by atoms with E-state index in [1.54, 1.807) is 34.6 Å². The van der Waals surface area contributed by atoms with Gasteiger partial charge in [0.15, 0.2) is 5.96 Å². The van der Waals surface area contributed by atoms with E-state index < -0.39 is 0 Å². The summed E-state index contributed by atoms with van der Waals surface area (Å²) in [6.07, 6.45) is 2.78. The molecule has 0 bridgehead atoms. The first-order chi connectivity index (χ1) is 14.6. The molecule has 1 aliphatic heterocycles. The van der Waals surface area contributed by atoms with E-state index in [2.05, 4.69) is 37.6 Å². The van der Waals surface area contributed by atoms with Crippen LogP contribution in [0.2, 0.25) is 0 Å². The Morgan fingerprint density at radius 1 is 1.16 bits per heavy atom. The number of aliphatic imine (C=N–C) groups is 1. The molecule has 1 aromatic carbocycles. The second kappa shape index (κ2) is 12.6. The molecule has 1 aliphatic rings. The second-order valence-corrected chi connectivity index (χ2v) is 7.18. The quantitative estimate of drug-likeness (QED) is 0.302. The molecule has 31 heavy (non-hydrogen) atoms. The maximum atomic E-state index is 5.38. The first-order valence-electron chi connectivity index (χ1n) is 10.0. The Hall–Kier alpha value is -2.27. The van der Waals surface area contributed by atoms with Crippen molar-refractivity contribution in [1.29, 1.82) is 0 Å². The molecule has 0 amide bonds. The van der Waals surface area contributed by atoms with Gasteiger partial charge in [-0.2, -0.15) is 0 Å². The summed E-state index contributed by atoms with van der Waals surface area (Å²) < 4.78 is 16.1. The number of halogens is 1.